The highest BCUT2D eigenvalue weighted by atomic mass is 16.1. The highest BCUT2D eigenvalue weighted by Crippen LogP contribution is 2.03. The van der Waals surface area contributed by atoms with Crippen molar-refractivity contribution in [3.63, 3.8) is 0 Å². The van der Waals surface area contributed by atoms with E-state index in [0.29, 0.717) is 12.2 Å². The monoisotopic (exact) mass is 191 g/mol. The molecule has 0 atom stereocenters. The molecule has 4 heteroatoms. The van der Waals surface area contributed by atoms with Gasteiger partial charge in [-0.15, -0.1) is 0 Å². The van der Waals surface area contributed by atoms with Crippen molar-refractivity contribution in [3.05, 3.63) is 30.1 Å². The van der Waals surface area contributed by atoms with Crippen LogP contribution in [0, 0.1) is 0 Å². The van der Waals surface area contributed by atoms with E-state index in [9.17, 15) is 4.79 Å². The molecular weight excluding hydrogens is 178 g/mol. The lowest BCUT2D eigenvalue weighted by Gasteiger charge is -1.96. The summed E-state index contributed by atoms with van der Waals surface area (Å²) in [6.45, 7) is 1.98. The number of carbonyl (C=O) groups is 1. The van der Waals surface area contributed by atoms with Gasteiger partial charge in [0.05, 0.1) is 5.69 Å². The molecule has 4 nitrogen and oxygen atoms in total. The number of hydrogen-bond acceptors (Lipinski definition) is 3. The number of nitrogens with one attached hydrogen (secondary N) is 1. The minimum Gasteiger partial charge on any atom is -0.399 e. The first-order valence-corrected chi connectivity index (χ1v) is 4.31. The summed E-state index contributed by atoms with van der Waals surface area (Å²) in [6.07, 6.45) is 5.28. The molecule has 0 aliphatic rings. The van der Waals surface area contributed by atoms with Gasteiger partial charge < -0.3 is 11.1 Å². The lowest BCUT2D eigenvalue weighted by molar-refractivity contribution is -0.118. The smallest absolute Gasteiger partial charge is 0.217 e. The summed E-state index contributed by atoms with van der Waals surface area (Å²) in [7, 11) is 0. The maximum absolute atomic E-state index is 10.5. The van der Waals surface area contributed by atoms with Gasteiger partial charge in [0.15, 0.2) is 0 Å². The van der Waals surface area contributed by atoms with Gasteiger partial charge in [0.1, 0.15) is 0 Å². The van der Waals surface area contributed by atoms with Gasteiger partial charge in [-0.05, 0) is 18.2 Å². The van der Waals surface area contributed by atoms with Gasteiger partial charge in [-0.2, -0.15) is 0 Å². The molecule has 0 saturated carbocycles. The molecule has 0 saturated heterocycles. The number of aromatic nitrogens is 1. The molecule has 0 bridgehead atoms. The van der Waals surface area contributed by atoms with E-state index in [2.05, 4.69) is 10.3 Å². The maximum atomic E-state index is 10.5. The fourth-order valence-corrected chi connectivity index (χ4v) is 0.939. The van der Waals surface area contributed by atoms with Gasteiger partial charge in [-0.3, -0.25) is 9.78 Å². The van der Waals surface area contributed by atoms with E-state index in [0.717, 1.165) is 5.69 Å². The zero-order chi connectivity index (χ0) is 10.4. The summed E-state index contributed by atoms with van der Waals surface area (Å²) >= 11 is 0. The van der Waals surface area contributed by atoms with Crippen LogP contribution >= 0.6 is 0 Å². The van der Waals surface area contributed by atoms with E-state index in [1.54, 1.807) is 18.3 Å². The number of nitrogens with two attached hydrogens (primary N) is 1. The lowest BCUT2D eigenvalue weighted by Crippen LogP contribution is -2.19. The Balaban J connectivity index is 2.47. The zero-order valence-electron chi connectivity index (χ0n) is 8.03. The fraction of sp³-hybridized carbons (Fsp3) is 0.200. The average Bonchev–Trinajstić information content (AvgIpc) is 2.12. The second-order valence-electron chi connectivity index (χ2n) is 2.85. The second kappa shape index (κ2) is 5.01. The van der Waals surface area contributed by atoms with Crippen LogP contribution in [0.3, 0.4) is 0 Å². The number of anilines is 1. The molecular formula is C10H13N3O. The van der Waals surface area contributed by atoms with Gasteiger partial charge in [0, 0.05) is 25.4 Å². The molecule has 0 aromatic carbocycles. The van der Waals surface area contributed by atoms with E-state index < -0.39 is 0 Å². The largest absolute Gasteiger partial charge is 0.399 e. The predicted molar refractivity (Wildman–Crippen MR) is 56.4 cm³/mol. The normalized spacial score (nSPS) is 10.4. The maximum Gasteiger partial charge on any atom is 0.217 e. The Hall–Kier alpha value is -1.84. The predicted octanol–water partition coefficient (Wildman–Crippen LogP) is 0.813. The van der Waals surface area contributed by atoms with Crippen LogP contribution in [0.15, 0.2) is 24.4 Å². The first-order chi connectivity index (χ1) is 6.68. The Morgan fingerprint density at radius 3 is 3.14 bits per heavy atom. The summed E-state index contributed by atoms with van der Waals surface area (Å²) in [5.74, 6) is -0.0461. The molecule has 0 unspecified atom stereocenters. The Morgan fingerprint density at radius 1 is 1.71 bits per heavy atom. The summed E-state index contributed by atoms with van der Waals surface area (Å²) in [6, 6.07) is 3.50. The topological polar surface area (TPSA) is 68.0 Å². The van der Waals surface area contributed by atoms with Gasteiger partial charge >= 0.3 is 0 Å². The highest BCUT2D eigenvalue weighted by Gasteiger charge is 1.89. The number of rotatable bonds is 3. The summed E-state index contributed by atoms with van der Waals surface area (Å²) < 4.78 is 0. The molecule has 1 heterocycles. The molecule has 0 spiro atoms. The van der Waals surface area contributed by atoms with E-state index in [1.165, 1.54) is 6.92 Å². The quantitative estimate of drug-likeness (QED) is 0.743. The number of nitrogens with zero attached hydrogens (tertiary/aromatic N) is 1. The van der Waals surface area contributed by atoms with Crippen molar-refractivity contribution < 1.29 is 4.79 Å². The standard InChI is InChI=1S/C10H13N3O/c1-8(14)12-5-2-3-10-7-9(11)4-6-13-10/h2-4,6-7H,5H2,1H3,(H2,11,13)(H,12,14). The molecule has 0 aliphatic carbocycles. The van der Waals surface area contributed by atoms with Crippen LogP contribution in [0.5, 0.6) is 0 Å². The van der Waals surface area contributed by atoms with E-state index in [-0.39, 0.29) is 5.91 Å². The van der Waals surface area contributed by atoms with E-state index in [4.69, 9.17) is 5.73 Å². The number of carbonyl (C=O) groups excluding carboxylic acids is 1. The minimum absolute atomic E-state index is 0.0461. The third-order valence-electron chi connectivity index (χ3n) is 1.56. The van der Waals surface area contributed by atoms with Gasteiger partial charge in [-0.1, -0.05) is 6.08 Å². The molecule has 0 radical (unpaired) electrons. The molecule has 1 rings (SSSR count). The van der Waals surface area contributed by atoms with Gasteiger partial charge in [-0.25, -0.2) is 0 Å². The van der Waals surface area contributed by atoms with Crippen LogP contribution in [0.4, 0.5) is 5.69 Å². The van der Waals surface area contributed by atoms with Crippen molar-refractivity contribution in [2.24, 2.45) is 0 Å². The van der Waals surface area contributed by atoms with Crippen molar-refractivity contribution in [2.75, 3.05) is 12.3 Å². The summed E-state index contributed by atoms with van der Waals surface area (Å²) in [4.78, 5) is 14.6. The molecule has 1 aromatic heterocycles. The molecule has 0 aliphatic heterocycles. The third-order valence-corrected chi connectivity index (χ3v) is 1.56. The average molecular weight is 191 g/mol. The van der Waals surface area contributed by atoms with Crippen LogP contribution in [0.2, 0.25) is 0 Å². The molecule has 14 heavy (non-hydrogen) atoms. The number of pyridine rings is 1. The number of amides is 1. The Bertz CT molecular complexity index is 347. The fourth-order valence-electron chi connectivity index (χ4n) is 0.939. The minimum atomic E-state index is -0.0461. The van der Waals surface area contributed by atoms with Gasteiger partial charge in [0.25, 0.3) is 0 Å². The van der Waals surface area contributed by atoms with Crippen molar-refractivity contribution in [1.29, 1.82) is 0 Å². The van der Waals surface area contributed by atoms with Crippen molar-refractivity contribution in [2.45, 2.75) is 6.92 Å². The first kappa shape index (κ1) is 10.2. The molecule has 74 valence electrons. The van der Waals surface area contributed by atoms with Crippen LogP contribution in [0.25, 0.3) is 6.08 Å². The molecule has 0 fully saturated rings. The Morgan fingerprint density at radius 2 is 2.50 bits per heavy atom. The first-order valence-electron chi connectivity index (χ1n) is 4.31. The number of nitrogen functional groups attached to an aromatic ring is 1. The van der Waals surface area contributed by atoms with Crippen molar-refractivity contribution in [3.8, 4) is 0 Å². The Kier molecular flexibility index (Phi) is 3.67. The molecule has 1 aromatic rings. The van der Waals surface area contributed by atoms with Crippen LogP contribution in [-0.2, 0) is 4.79 Å². The van der Waals surface area contributed by atoms with Crippen molar-refractivity contribution in [1.82, 2.24) is 10.3 Å². The zero-order valence-corrected chi connectivity index (χ0v) is 8.03. The van der Waals surface area contributed by atoms with Gasteiger partial charge in [0.2, 0.25) is 5.91 Å². The van der Waals surface area contributed by atoms with Crippen LogP contribution in [0.1, 0.15) is 12.6 Å². The molecule has 1 amide bonds. The number of hydrogen-bond donors (Lipinski definition) is 2. The van der Waals surface area contributed by atoms with E-state index in [1.807, 2.05) is 12.2 Å². The Labute approximate surface area is 82.8 Å². The van der Waals surface area contributed by atoms with E-state index >= 15 is 0 Å². The second-order valence-corrected chi connectivity index (χ2v) is 2.85. The molecule has 3 N–H and O–H groups in total. The lowest BCUT2D eigenvalue weighted by atomic mass is 10.3. The summed E-state index contributed by atoms with van der Waals surface area (Å²) in [5, 5.41) is 2.65. The van der Waals surface area contributed by atoms with Crippen molar-refractivity contribution >= 4 is 17.7 Å². The highest BCUT2D eigenvalue weighted by molar-refractivity contribution is 5.73. The van der Waals surface area contributed by atoms with Crippen LogP contribution in [-0.4, -0.2) is 17.4 Å². The van der Waals surface area contributed by atoms with Crippen LogP contribution < -0.4 is 11.1 Å². The summed E-state index contributed by atoms with van der Waals surface area (Å²) in [5.41, 5.74) is 7.03. The third kappa shape index (κ3) is 3.71. The SMILES string of the molecule is CC(=O)NCC=Cc1cc(N)ccn1.